The van der Waals surface area contributed by atoms with E-state index in [-0.39, 0.29) is 29.6 Å². The maximum atomic E-state index is 12.9. The van der Waals surface area contributed by atoms with E-state index >= 15 is 0 Å². The van der Waals surface area contributed by atoms with E-state index in [9.17, 15) is 14.7 Å². The lowest BCUT2D eigenvalue weighted by atomic mass is 10.1. The number of phenolic OH excluding ortho intramolecular Hbond substituents is 1. The van der Waals surface area contributed by atoms with Crippen LogP contribution in [-0.2, 0) is 19.1 Å². The molecule has 0 amide bonds. The third kappa shape index (κ3) is 3.50. The summed E-state index contributed by atoms with van der Waals surface area (Å²) < 4.78 is 10.7. The monoisotopic (exact) mass is 405 g/mol. The van der Waals surface area contributed by atoms with Crippen molar-refractivity contribution in [1.82, 2.24) is 9.97 Å². The predicted octanol–water partition coefficient (Wildman–Crippen LogP) is 3.40. The molecule has 0 saturated carbocycles. The van der Waals surface area contributed by atoms with E-state index in [0.717, 1.165) is 10.9 Å². The molecular weight excluding hydrogens is 386 g/mol. The highest BCUT2D eigenvalue weighted by Crippen LogP contribution is 2.32. The van der Waals surface area contributed by atoms with Crippen LogP contribution in [0.15, 0.2) is 59.9 Å². The molecule has 3 N–H and O–H groups in total. The lowest BCUT2D eigenvalue weighted by Crippen LogP contribution is -2.16. The number of H-pyrrole nitrogens is 1. The number of aromatic nitrogens is 2. The number of hydrogen-bond donors (Lipinski definition) is 3. The number of aromatic hydroxyl groups is 1. The normalized spacial score (nSPS) is 15.0. The number of nitrogens with one attached hydrogen (secondary N) is 2. The first-order valence-corrected chi connectivity index (χ1v) is 9.32. The second kappa shape index (κ2) is 7.75. The van der Waals surface area contributed by atoms with Gasteiger partial charge in [-0.2, -0.15) is 0 Å². The van der Waals surface area contributed by atoms with Crippen molar-refractivity contribution in [1.29, 1.82) is 0 Å². The molecule has 1 aliphatic rings. The fourth-order valence-electron chi connectivity index (χ4n) is 3.11. The van der Waals surface area contributed by atoms with Crippen molar-refractivity contribution in [2.24, 2.45) is 0 Å². The summed E-state index contributed by atoms with van der Waals surface area (Å²) in [6, 6.07) is 8.60. The molecule has 2 aromatic heterocycles. The standard InChI is InChI=1S/C22H19N3O5/c1-3-29-22(28)18-19(27)17(10-13-11-24-20-14(13)5-4-8-23-20)30-21(18)25-15-7-6-12(2)9-16(15)26/h4-11,25-26H,3H2,1-2H3,(H,23,24)/b17-10-. The average Bonchev–Trinajstić information content (AvgIpc) is 3.26. The number of nitrogens with zero attached hydrogens (tertiary/aromatic N) is 1. The Hall–Kier alpha value is -4.07. The highest BCUT2D eigenvalue weighted by molar-refractivity contribution is 6.26. The van der Waals surface area contributed by atoms with Gasteiger partial charge in [0.1, 0.15) is 11.4 Å². The zero-order valence-corrected chi connectivity index (χ0v) is 16.4. The second-order valence-corrected chi connectivity index (χ2v) is 6.65. The summed E-state index contributed by atoms with van der Waals surface area (Å²) in [5, 5.41) is 13.8. The van der Waals surface area contributed by atoms with E-state index in [1.807, 2.05) is 13.0 Å². The molecule has 0 unspecified atom stereocenters. The third-order valence-electron chi connectivity index (χ3n) is 4.54. The zero-order chi connectivity index (χ0) is 21.3. The molecule has 3 heterocycles. The van der Waals surface area contributed by atoms with Crippen LogP contribution in [0.1, 0.15) is 18.1 Å². The van der Waals surface area contributed by atoms with Crippen LogP contribution >= 0.6 is 0 Å². The molecule has 30 heavy (non-hydrogen) atoms. The summed E-state index contributed by atoms with van der Waals surface area (Å²) in [4.78, 5) is 32.6. The van der Waals surface area contributed by atoms with Crippen LogP contribution < -0.4 is 5.32 Å². The highest BCUT2D eigenvalue weighted by atomic mass is 16.5. The van der Waals surface area contributed by atoms with E-state index in [1.165, 1.54) is 6.08 Å². The molecule has 152 valence electrons. The van der Waals surface area contributed by atoms with E-state index < -0.39 is 11.8 Å². The first-order chi connectivity index (χ1) is 14.5. The minimum absolute atomic E-state index is 0.0399. The van der Waals surface area contributed by atoms with Crippen molar-refractivity contribution < 1.29 is 24.2 Å². The number of pyridine rings is 1. The number of Topliss-reactive ketones (excluding diaryl/α,β-unsaturated/α-hetero) is 1. The molecule has 0 bridgehead atoms. The number of phenols is 1. The third-order valence-corrected chi connectivity index (χ3v) is 4.54. The number of ketones is 1. The van der Waals surface area contributed by atoms with Crippen LogP contribution in [0.3, 0.4) is 0 Å². The maximum Gasteiger partial charge on any atom is 0.347 e. The highest BCUT2D eigenvalue weighted by Gasteiger charge is 2.37. The fourth-order valence-corrected chi connectivity index (χ4v) is 3.11. The summed E-state index contributed by atoms with van der Waals surface area (Å²) in [7, 11) is 0. The number of esters is 1. The molecule has 3 aromatic rings. The van der Waals surface area contributed by atoms with Crippen molar-refractivity contribution in [2.45, 2.75) is 13.8 Å². The van der Waals surface area contributed by atoms with Gasteiger partial charge in [-0.3, -0.25) is 4.79 Å². The van der Waals surface area contributed by atoms with Gasteiger partial charge in [-0.15, -0.1) is 0 Å². The SMILES string of the molecule is CCOC(=O)C1=C(Nc2ccc(C)cc2O)O/C(=C\c2c[nH]c3ncccc23)C1=O. The van der Waals surface area contributed by atoms with Gasteiger partial charge in [0.15, 0.2) is 11.3 Å². The van der Waals surface area contributed by atoms with Crippen LogP contribution in [0.4, 0.5) is 5.69 Å². The van der Waals surface area contributed by atoms with Gasteiger partial charge in [0.2, 0.25) is 11.7 Å². The number of carbonyl (C=O) groups is 2. The van der Waals surface area contributed by atoms with Crippen LogP contribution in [0, 0.1) is 6.92 Å². The molecule has 0 radical (unpaired) electrons. The van der Waals surface area contributed by atoms with Gasteiger partial charge in [0.25, 0.3) is 0 Å². The Bertz CT molecular complexity index is 1220. The Morgan fingerprint density at radius 1 is 1.37 bits per heavy atom. The molecule has 4 rings (SSSR count). The number of fused-ring (bicyclic) bond motifs is 1. The fraction of sp³-hybridized carbons (Fsp3) is 0.136. The Balaban J connectivity index is 1.72. The lowest BCUT2D eigenvalue weighted by Gasteiger charge is -2.10. The molecule has 1 aromatic carbocycles. The predicted molar refractivity (Wildman–Crippen MR) is 110 cm³/mol. The number of carbonyl (C=O) groups excluding carboxylic acids is 2. The number of aromatic amines is 1. The van der Waals surface area contributed by atoms with Crippen molar-refractivity contribution in [2.75, 3.05) is 11.9 Å². The molecule has 0 fully saturated rings. The Morgan fingerprint density at radius 2 is 2.20 bits per heavy atom. The maximum absolute atomic E-state index is 12.9. The summed E-state index contributed by atoms with van der Waals surface area (Å²) in [5.41, 5.74) is 2.23. The molecule has 0 saturated heterocycles. The minimum atomic E-state index is -0.805. The van der Waals surface area contributed by atoms with Gasteiger partial charge < -0.3 is 24.9 Å². The molecule has 0 atom stereocenters. The Morgan fingerprint density at radius 3 is 2.97 bits per heavy atom. The van der Waals surface area contributed by atoms with Gasteiger partial charge in [-0.25, -0.2) is 9.78 Å². The largest absolute Gasteiger partial charge is 0.506 e. The number of allylic oxidation sites excluding steroid dienone is 1. The Kier molecular flexibility index (Phi) is 4.97. The molecule has 0 aliphatic carbocycles. The summed E-state index contributed by atoms with van der Waals surface area (Å²) in [6.45, 7) is 3.58. The van der Waals surface area contributed by atoms with Gasteiger partial charge in [0.05, 0.1) is 12.3 Å². The van der Waals surface area contributed by atoms with Crippen LogP contribution in [0.5, 0.6) is 5.75 Å². The van der Waals surface area contributed by atoms with Crippen molar-refractivity contribution in [3.8, 4) is 5.75 Å². The number of rotatable bonds is 5. The second-order valence-electron chi connectivity index (χ2n) is 6.65. The molecule has 1 aliphatic heterocycles. The number of ether oxygens (including phenoxy) is 2. The van der Waals surface area contributed by atoms with Crippen molar-refractivity contribution in [3.05, 3.63) is 71.1 Å². The average molecular weight is 405 g/mol. The van der Waals surface area contributed by atoms with Gasteiger partial charge in [-0.05, 0) is 49.8 Å². The first kappa shape index (κ1) is 19.3. The summed E-state index contributed by atoms with van der Waals surface area (Å²) >= 11 is 0. The minimum Gasteiger partial charge on any atom is -0.506 e. The molecule has 8 heteroatoms. The van der Waals surface area contributed by atoms with Crippen LogP contribution in [-0.4, -0.2) is 33.4 Å². The van der Waals surface area contributed by atoms with Crippen molar-refractivity contribution >= 4 is 34.5 Å². The number of benzene rings is 1. The number of aryl methyl sites for hydroxylation is 1. The van der Waals surface area contributed by atoms with E-state index in [4.69, 9.17) is 9.47 Å². The van der Waals surface area contributed by atoms with E-state index in [0.29, 0.717) is 16.9 Å². The summed E-state index contributed by atoms with van der Waals surface area (Å²) in [5.74, 6) is -1.60. The van der Waals surface area contributed by atoms with Crippen LogP contribution in [0.2, 0.25) is 0 Å². The van der Waals surface area contributed by atoms with Gasteiger partial charge in [-0.1, -0.05) is 6.07 Å². The van der Waals surface area contributed by atoms with E-state index in [2.05, 4.69) is 15.3 Å². The van der Waals surface area contributed by atoms with Crippen molar-refractivity contribution in [3.63, 3.8) is 0 Å². The quantitative estimate of drug-likeness (QED) is 0.258. The molecular formula is C22H19N3O5. The zero-order valence-electron chi connectivity index (χ0n) is 16.4. The lowest BCUT2D eigenvalue weighted by molar-refractivity contribution is -0.139. The number of hydrogen-bond acceptors (Lipinski definition) is 7. The first-order valence-electron chi connectivity index (χ1n) is 9.32. The van der Waals surface area contributed by atoms with Crippen LogP contribution in [0.25, 0.3) is 17.1 Å². The molecule has 8 nitrogen and oxygen atoms in total. The Labute approximate surface area is 171 Å². The van der Waals surface area contributed by atoms with Gasteiger partial charge in [0, 0.05) is 23.3 Å². The van der Waals surface area contributed by atoms with E-state index in [1.54, 1.807) is 43.6 Å². The smallest absolute Gasteiger partial charge is 0.347 e. The number of anilines is 1. The molecule has 0 spiro atoms. The van der Waals surface area contributed by atoms with Gasteiger partial charge >= 0.3 is 5.97 Å². The summed E-state index contributed by atoms with van der Waals surface area (Å²) in [6.07, 6.45) is 4.89. The topological polar surface area (TPSA) is 114 Å².